The normalized spacial score (nSPS) is 12.3. The molecule has 0 saturated carbocycles. The molecule has 0 atom stereocenters. The highest BCUT2D eigenvalue weighted by atomic mass is 32.2. The third kappa shape index (κ3) is 3.03. The minimum absolute atomic E-state index is 0.0375. The monoisotopic (exact) mass is 327 g/mol. The van der Waals surface area contributed by atoms with Crippen molar-refractivity contribution in [3.8, 4) is 0 Å². The maximum Gasteiger partial charge on any atom is 0.248 e. The Morgan fingerprint density at radius 1 is 1.05 bits per heavy atom. The Labute approximate surface area is 122 Å². The van der Waals surface area contributed by atoms with Crippen molar-refractivity contribution < 1.29 is 16.8 Å². The molecule has 0 spiro atoms. The van der Waals surface area contributed by atoms with Gasteiger partial charge in [0, 0.05) is 6.26 Å². The van der Waals surface area contributed by atoms with Crippen LogP contribution in [0.15, 0.2) is 45.4 Å². The van der Waals surface area contributed by atoms with Crippen LogP contribution in [-0.2, 0) is 19.7 Å². The Kier molecular flexibility index (Phi) is 3.72. The summed E-state index contributed by atoms with van der Waals surface area (Å²) in [5, 5.41) is -0.511. The lowest BCUT2D eigenvalue weighted by Gasteiger charge is -2.07. The summed E-state index contributed by atoms with van der Waals surface area (Å²) in [6, 6.07) is 6.17. The Hall–Kier alpha value is -2.00. The van der Waals surface area contributed by atoms with E-state index in [1.165, 1.54) is 12.1 Å². The van der Waals surface area contributed by atoms with Gasteiger partial charge in [0.05, 0.1) is 11.1 Å². The largest absolute Gasteiger partial charge is 0.382 e. The number of aryl methyl sites for hydroxylation is 1. The van der Waals surface area contributed by atoms with Crippen molar-refractivity contribution in [2.75, 3.05) is 12.0 Å². The summed E-state index contributed by atoms with van der Waals surface area (Å²) in [6.07, 6.45) is 1.82. The van der Waals surface area contributed by atoms with E-state index in [4.69, 9.17) is 5.73 Å². The van der Waals surface area contributed by atoms with Crippen LogP contribution in [0.1, 0.15) is 5.56 Å². The van der Waals surface area contributed by atoms with Gasteiger partial charge in [-0.1, -0.05) is 17.7 Å². The number of anilines is 1. The molecule has 7 nitrogen and oxygen atoms in total. The standard InChI is InChI=1S/C12H13N3O4S2/c1-8-3-5-9(6-4-8)21(18,19)10-7-14-12(15-11(10)13)20(2,16)17/h3-7H,1-2H3,(H2,13,14,15). The van der Waals surface area contributed by atoms with E-state index in [1.54, 1.807) is 12.1 Å². The maximum absolute atomic E-state index is 12.4. The van der Waals surface area contributed by atoms with E-state index >= 15 is 0 Å². The zero-order valence-electron chi connectivity index (χ0n) is 11.3. The number of rotatable bonds is 3. The zero-order chi connectivity index (χ0) is 15.8. The van der Waals surface area contributed by atoms with Crippen LogP contribution in [0, 0.1) is 6.92 Å². The number of sulfone groups is 2. The van der Waals surface area contributed by atoms with Gasteiger partial charge in [-0.25, -0.2) is 21.8 Å². The first-order chi connectivity index (χ1) is 9.62. The van der Waals surface area contributed by atoms with E-state index in [2.05, 4.69) is 9.97 Å². The van der Waals surface area contributed by atoms with Gasteiger partial charge in [-0.3, -0.25) is 0 Å². The van der Waals surface area contributed by atoms with Gasteiger partial charge in [-0.15, -0.1) is 0 Å². The summed E-state index contributed by atoms with van der Waals surface area (Å²) in [6.45, 7) is 1.83. The maximum atomic E-state index is 12.4. The van der Waals surface area contributed by atoms with Gasteiger partial charge in [0.1, 0.15) is 10.7 Å². The molecule has 2 aromatic rings. The molecule has 21 heavy (non-hydrogen) atoms. The predicted octanol–water partition coefficient (Wildman–Crippen LogP) is 0.604. The first-order valence-electron chi connectivity index (χ1n) is 5.77. The number of hydrogen-bond donors (Lipinski definition) is 1. The summed E-state index contributed by atoms with van der Waals surface area (Å²) >= 11 is 0. The van der Waals surface area contributed by atoms with E-state index in [-0.39, 0.29) is 9.79 Å². The molecule has 1 aromatic heterocycles. The molecule has 0 aliphatic heterocycles. The molecule has 0 unspecified atom stereocenters. The van der Waals surface area contributed by atoms with Crippen LogP contribution in [0.2, 0.25) is 0 Å². The minimum Gasteiger partial charge on any atom is -0.382 e. The molecule has 0 fully saturated rings. The molecule has 9 heteroatoms. The second-order valence-electron chi connectivity index (χ2n) is 4.49. The first kappa shape index (κ1) is 15.4. The molecule has 2 rings (SSSR count). The van der Waals surface area contributed by atoms with Crippen LogP contribution < -0.4 is 5.73 Å². The van der Waals surface area contributed by atoms with Crippen molar-refractivity contribution in [1.82, 2.24) is 9.97 Å². The predicted molar refractivity (Wildman–Crippen MR) is 76.2 cm³/mol. The highest BCUT2D eigenvalue weighted by molar-refractivity contribution is 7.91. The topological polar surface area (TPSA) is 120 Å². The molecular formula is C12H13N3O4S2. The third-order valence-electron chi connectivity index (χ3n) is 2.71. The molecule has 1 aromatic carbocycles. The highest BCUT2D eigenvalue weighted by Gasteiger charge is 2.24. The lowest BCUT2D eigenvalue weighted by molar-refractivity contribution is 0.587. The Morgan fingerprint density at radius 3 is 2.10 bits per heavy atom. The molecule has 1 heterocycles. The second kappa shape index (κ2) is 5.08. The molecule has 112 valence electrons. The van der Waals surface area contributed by atoms with Crippen LogP contribution in [0.4, 0.5) is 5.82 Å². The van der Waals surface area contributed by atoms with E-state index in [0.29, 0.717) is 0 Å². The molecule has 2 N–H and O–H groups in total. The first-order valence-corrected chi connectivity index (χ1v) is 9.14. The number of nitrogens with zero attached hydrogens (tertiary/aromatic N) is 2. The summed E-state index contributed by atoms with van der Waals surface area (Å²) in [5.41, 5.74) is 6.48. The van der Waals surface area contributed by atoms with Gasteiger partial charge in [0.15, 0.2) is 0 Å². The fourth-order valence-electron chi connectivity index (χ4n) is 1.60. The molecule has 0 radical (unpaired) electrons. The number of aromatic nitrogens is 2. The number of benzene rings is 1. The van der Waals surface area contributed by atoms with Crippen LogP contribution in [-0.4, -0.2) is 33.1 Å². The summed E-state index contributed by atoms with van der Waals surface area (Å²) in [7, 11) is -7.55. The van der Waals surface area contributed by atoms with Crippen LogP contribution in [0.5, 0.6) is 0 Å². The molecule has 0 amide bonds. The lowest BCUT2D eigenvalue weighted by Crippen LogP contribution is -2.12. The SMILES string of the molecule is Cc1ccc(S(=O)(=O)c2cnc(S(C)(=O)=O)nc2N)cc1. The Balaban J connectivity index is 2.58. The molecule has 0 saturated heterocycles. The van der Waals surface area contributed by atoms with Crippen molar-refractivity contribution in [2.45, 2.75) is 21.9 Å². The van der Waals surface area contributed by atoms with E-state index in [1.807, 2.05) is 6.92 Å². The van der Waals surface area contributed by atoms with Crippen molar-refractivity contribution in [1.29, 1.82) is 0 Å². The van der Waals surface area contributed by atoms with Gasteiger partial charge in [0.25, 0.3) is 0 Å². The summed E-state index contributed by atoms with van der Waals surface area (Å²) < 4.78 is 47.5. The average molecular weight is 327 g/mol. The lowest BCUT2D eigenvalue weighted by atomic mass is 10.2. The smallest absolute Gasteiger partial charge is 0.248 e. The number of nitrogens with two attached hydrogens (primary N) is 1. The fourth-order valence-corrected chi connectivity index (χ4v) is 3.37. The van der Waals surface area contributed by atoms with Crippen molar-refractivity contribution in [3.05, 3.63) is 36.0 Å². The number of nitrogen functional groups attached to an aromatic ring is 1. The van der Waals surface area contributed by atoms with Gasteiger partial charge in [0.2, 0.25) is 24.8 Å². The van der Waals surface area contributed by atoms with Gasteiger partial charge < -0.3 is 5.73 Å². The Bertz CT molecular complexity index is 889. The zero-order valence-corrected chi connectivity index (χ0v) is 12.9. The quantitative estimate of drug-likeness (QED) is 0.820. The molecule has 0 aliphatic carbocycles. The van der Waals surface area contributed by atoms with Crippen molar-refractivity contribution >= 4 is 25.5 Å². The van der Waals surface area contributed by atoms with Crippen LogP contribution >= 0.6 is 0 Å². The van der Waals surface area contributed by atoms with Gasteiger partial charge in [-0.2, -0.15) is 4.98 Å². The fraction of sp³-hybridized carbons (Fsp3) is 0.167. The van der Waals surface area contributed by atoms with Crippen LogP contribution in [0.25, 0.3) is 0 Å². The summed E-state index contributed by atoms with van der Waals surface area (Å²) in [4.78, 5) is 6.83. The number of hydrogen-bond acceptors (Lipinski definition) is 7. The van der Waals surface area contributed by atoms with Gasteiger partial charge in [-0.05, 0) is 19.1 Å². The van der Waals surface area contributed by atoms with Crippen molar-refractivity contribution in [2.24, 2.45) is 0 Å². The molecule has 0 aliphatic rings. The van der Waals surface area contributed by atoms with Crippen LogP contribution in [0.3, 0.4) is 0 Å². The minimum atomic E-state index is -3.89. The Morgan fingerprint density at radius 2 is 1.62 bits per heavy atom. The van der Waals surface area contributed by atoms with E-state index in [9.17, 15) is 16.8 Å². The molecular weight excluding hydrogens is 314 g/mol. The third-order valence-corrected chi connectivity index (χ3v) is 5.36. The van der Waals surface area contributed by atoms with Crippen molar-refractivity contribution in [3.63, 3.8) is 0 Å². The average Bonchev–Trinajstić information content (AvgIpc) is 2.37. The molecule has 0 bridgehead atoms. The van der Waals surface area contributed by atoms with E-state index in [0.717, 1.165) is 18.0 Å². The van der Waals surface area contributed by atoms with Gasteiger partial charge >= 0.3 is 0 Å². The second-order valence-corrected chi connectivity index (χ2v) is 8.32. The van der Waals surface area contributed by atoms with E-state index < -0.39 is 30.6 Å². The summed E-state index contributed by atoms with van der Waals surface area (Å²) in [5.74, 6) is -0.397. The highest BCUT2D eigenvalue weighted by Crippen LogP contribution is 2.24.